The predicted octanol–water partition coefficient (Wildman–Crippen LogP) is 1.48. The maximum atomic E-state index is 11.9. The van der Waals surface area contributed by atoms with Gasteiger partial charge in [0.1, 0.15) is 11.3 Å². The van der Waals surface area contributed by atoms with Crippen LogP contribution >= 0.6 is 0 Å². The standard InChI is InChI=1S/C12H22N2O3/c1-5-6-12(13)9-14(7-8-16-12)10(15)17-11(2,3)4/h5H,1,6-9,13H2,2-4H3. The van der Waals surface area contributed by atoms with Crippen LogP contribution in [0.25, 0.3) is 0 Å². The third kappa shape index (κ3) is 4.36. The fourth-order valence-corrected chi connectivity index (χ4v) is 1.66. The zero-order valence-electron chi connectivity index (χ0n) is 10.9. The lowest BCUT2D eigenvalue weighted by atomic mass is 10.1. The van der Waals surface area contributed by atoms with Gasteiger partial charge in [0.05, 0.1) is 13.2 Å². The summed E-state index contributed by atoms with van der Waals surface area (Å²) in [5, 5.41) is 0. The molecule has 17 heavy (non-hydrogen) atoms. The second-order valence-corrected chi connectivity index (χ2v) is 5.31. The van der Waals surface area contributed by atoms with Gasteiger partial charge in [-0.3, -0.25) is 0 Å². The summed E-state index contributed by atoms with van der Waals surface area (Å²) in [5.41, 5.74) is 4.69. The van der Waals surface area contributed by atoms with Crippen LogP contribution in [-0.2, 0) is 9.47 Å². The number of nitrogens with zero attached hydrogens (tertiary/aromatic N) is 1. The van der Waals surface area contributed by atoms with Crippen molar-refractivity contribution in [3.8, 4) is 0 Å². The minimum absolute atomic E-state index is 0.327. The molecular formula is C12H22N2O3. The maximum Gasteiger partial charge on any atom is 0.410 e. The van der Waals surface area contributed by atoms with Crippen LogP contribution in [0.4, 0.5) is 4.79 Å². The molecule has 1 aliphatic heterocycles. The number of hydrogen-bond donors (Lipinski definition) is 1. The van der Waals surface area contributed by atoms with Crippen molar-refractivity contribution in [1.82, 2.24) is 4.90 Å². The predicted molar refractivity (Wildman–Crippen MR) is 65.5 cm³/mol. The molecule has 2 N–H and O–H groups in total. The molecule has 1 fully saturated rings. The monoisotopic (exact) mass is 242 g/mol. The van der Waals surface area contributed by atoms with Gasteiger partial charge < -0.3 is 20.1 Å². The lowest BCUT2D eigenvalue weighted by Crippen LogP contribution is -2.59. The first-order valence-electron chi connectivity index (χ1n) is 5.77. The molecule has 5 nitrogen and oxygen atoms in total. The summed E-state index contributed by atoms with van der Waals surface area (Å²) in [7, 11) is 0. The number of rotatable bonds is 2. The minimum atomic E-state index is -0.836. The second kappa shape index (κ2) is 5.06. The highest BCUT2D eigenvalue weighted by Gasteiger charge is 2.35. The highest BCUT2D eigenvalue weighted by atomic mass is 16.6. The van der Waals surface area contributed by atoms with Crippen LogP contribution < -0.4 is 5.73 Å². The molecule has 1 amide bonds. The molecule has 5 heteroatoms. The third-order valence-corrected chi connectivity index (χ3v) is 2.35. The van der Waals surface area contributed by atoms with E-state index in [-0.39, 0.29) is 6.09 Å². The summed E-state index contributed by atoms with van der Waals surface area (Å²) >= 11 is 0. The zero-order chi connectivity index (χ0) is 13.1. The molecule has 1 rings (SSSR count). The summed E-state index contributed by atoms with van der Waals surface area (Å²) in [4.78, 5) is 13.5. The van der Waals surface area contributed by atoms with Crippen molar-refractivity contribution in [1.29, 1.82) is 0 Å². The molecule has 1 heterocycles. The van der Waals surface area contributed by atoms with Crippen molar-refractivity contribution in [3.63, 3.8) is 0 Å². The molecule has 0 aromatic rings. The van der Waals surface area contributed by atoms with E-state index in [2.05, 4.69) is 6.58 Å². The van der Waals surface area contributed by atoms with E-state index in [9.17, 15) is 4.79 Å². The smallest absolute Gasteiger partial charge is 0.410 e. The maximum absolute atomic E-state index is 11.9. The molecule has 0 bridgehead atoms. The van der Waals surface area contributed by atoms with E-state index in [1.165, 1.54) is 0 Å². The van der Waals surface area contributed by atoms with E-state index < -0.39 is 11.3 Å². The molecule has 0 aromatic heterocycles. The Morgan fingerprint density at radius 2 is 2.29 bits per heavy atom. The van der Waals surface area contributed by atoms with Gasteiger partial charge in [-0.25, -0.2) is 4.79 Å². The first-order valence-corrected chi connectivity index (χ1v) is 5.77. The molecule has 0 aromatic carbocycles. The summed E-state index contributed by atoms with van der Waals surface area (Å²) in [5.74, 6) is 0. The Balaban J connectivity index is 2.60. The Morgan fingerprint density at radius 1 is 1.65 bits per heavy atom. The molecule has 0 spiro atoms. The molecule has 1 saturated heterocycles. The van der Waals surface area contributed by atoms with Gasteiger partial charge in [-0.2, -0.15) is 0 Å². The van der Waals surface area contributed by atoms with Gasteiger partial charge in [-0.05, 0) is 20.8 Å². The Labute approximate surface area is 103 Å². The quantitative estimate of drug-likeness (QED) is 0.745. The average molecular weight is 242 g/mol. The first kappa shape index (κ1) is 14.0. The van der Waals surface area contributed by atoms with Crippen molar-refractivity contribution in [3.05, 3.63) is 12.7 Å². The lowest BCUT2D eigenvalue weighted by molar-refractivity contribution is -0.103. The van der Waals surface area contributed by atoms with Crippen LogP contribution in [0, 0.1) is 0 Å². The normalized spacial score (nSPS) is 25.5. The van der Waals surface area contributed by atoms with E-state index in [0.29, 0.717) is 26.1 Å². The summed E-state index contributed by atoms with van der Waals surface area (Å²) < 4.78 is 10.8. The van der Waals surface area contributed by atoms with E-state index in [4.69, 9.17) is 15.2 Å². The Morgan fingerprint density at radius 3 is 2.82 bits per heavy atom. The van der Waals surface area contributed by atoms with E-state index in [1.54, 1.807) is 11.0 Å². The van der Waals surface area contributed by atoms with Gasteiger partial charge in [0.15, 0.2) is 0 Å². The second-order valence-electron chi connectivity index (χ2n) is 5.31. The lowest BCUT2D eigenvalue weighted by Gasteiger charge is -2.40. The van der Waals surface area contributed by atoms with Gasteiger partial charge >= 0.3 is 6.09 Å². The molecule has 1 atom stereocenters. The van der Waals surface area contributed by atoms with Gasteiger partial charge in [0.25, 0.3) is 0 Å². The molecular weight excluding hydrogens is 220 g/mol. The highest BCUT2D eigenvalue weighted by Crippen LogP contribution is 2.19. The van der Waals surface area contributed by atoms with Crippen molar-refractivity contribution >= 4 is 6.09 Å². The van der Waals surface area contributed by atoms with Gasteiger partial charge in [-0.1, -0.05) is 6.08 Å². The van der Waals surface area contributed by atoms with E-state index >= 15 is 0 Å². The molecule has 0 radical (unpaired) electrons. The molecule has 1 unspecified atom stereocenters. The Bertz CT molecular complexity index is 299. The summed E-state index contributed by atoms with van der Waals surface area (Å²) in [6, 6.07) is 0. The van der Waals surface area contributed by atoms with Crippen molar-refractivity contribution < 1.29 is 14.3 Å². The number of ether oxygens (including phenoxy) is 2. The number of carbonyl (C=O) groups is 1. The van der Waals surface area contributed by atoms with Crippen molar-refractivity contribution in [2.45, 2.75) is 38.5 Å². The van der Waals surface area contributed by atoms with Gasteiger partial charge in [0, 0.05) is 13.0 Å². The minimum Gasteiger partial charge on any atom is -0.444 e. The number of hydrogen-bond acceptors (Lipinski definition) is 4. The van der Waals surface area contributed by atoms with Crippen LogP contribution in [0.15, 0.2) is 12.7 Å². The van der Waals surface area contributed by atoms with Crippen molar-refractivity contribution in [2.75, 3.05) is 19.7 Å². The number of carbonyl (C=O) groups excluding carboxylic acids is 1. The van der Waals surface area contributed by atoms with Crippen molar-refractivity contribution in [2.24, 2.45) is 5.73 Å². The summed E-state index contributed by atoms with van der Waals surface area (Å²) in [6.07, 6.45) is 1.85. The summed E-state index contributed by atoms with van der Waals surface area (Å²) in [6.45, 7) is 10.4. The molecule has 0 saturated carbocycles. The number of morpholine rings is 1. The van der Waals surface area contributed by atoms with Crippen LogP contribution in [0.2, 0.25) is 0 Å². The SMILES string of the molecule is C=CCC1(N)CN(C(=O)OC(C)(C)C)CCO1. The zero-order valence-corrected chi connectivity index (χ0v) is 10.9. The first-order chi connectivity index (χ1) is 7.76. The molecule has 1 aliphatic rings. The van der Waals surface area contributed by atoms with Gasteiger partial charge in [0.2, 0.25) is 0 Å². The topological polar surface area (TPSA) is 64.8 Å². The number of nitrogens with two attached hydrogens (primary N) is 1. The van der Waals surface area contributed by atoms with Crippen LogP contribution in [0.3, 0.4) is 0 Å². The fourth-order valence-electron chi connectivity index (χ4n) is 1.66. The molecule has 98 valence electrons. The van der Waals surface area contributed by atoms with Crippen LogP contribution in [0.5, 0.6) is 0 Å². The highest BCUT2D eigenvalue weighted by molar-refractivity contribution is 5.68. The Kier molecular flexibility index (Phi) is 4.16. The largest absolute Gasteiger partial charge is 0.444 e. The average Bonchev–Trinajstić information content (AvgIpc) is 2.14. The van der Waals surface area contributed by atoms with E-state index in [1.807, 2.05) is 20.8 Å². The third-order valence-electron chi connectivity index (χ3n) is 2.35. The molecule has 0 aliphatic carbocycles. The number of amides is 1. The van der Waals surface area contributed by atoms with Crippen LogP contribution in [0.1, 0.15) is 27.2 Å². The van der Waals surface area contributed by atoms with Crippen LogP contribution in [-0.4, -0.2) is 42.0 Å². The van der Waals surface area contributed by atoms with Gasteiger partial charge in [-0.15, -0.1) is 6.58 Å². The Hall–Kier alpha value is -1.07. The fraction of sp³-hybridized carbons (Fsp3) is 0.750. The van der Waals surface area contributed by atoms with E-state index in [0.717, 1.165) is 0 Å².